The fourth-order valence-corrected chi connectivity index (χ4v) is 13.0. The van der Waals surface area contributed by atoms with Crippen LogP contribution in [0.3, 0.4) is 0 Å². The third-order valence-electron chi connectivity index (χ3n) is 19.1. The molecule has 9 aliphatic rings. The third kappa shape index (κ3) is 18.1. The van der Waals surface area contributed by atoms with Gasteiger partial charge in [0.25, 0.3) is 0 Å². The quantitative estimate of drug-likeness (QED) is 0.0324. The maximum Gasteiger partial charge on any atom is 0.187 e. The van der Waals surface area contributed by atoms with Crippen LogP contribution in [-0.2, 0) is 85.3 Å². The van der Waals surface area contributed by atoms with E-state index in [-0.39, 0.29) is 0 Å². The number of rotatable bonds is 28. The Morgan fingerprint density at radius 1 is 0.204 bits per heavy atom. The van der Waals surface area contributed by atoms with E-state index in [1.807, 2.05) is 0 Å². The summed E-state index contributed by atoms with van der Waals surface area (Å²) in [5.74, 6) is 0. The van der Waals surface area contributed by atoms with Crippen molar-refractivity contribution in [2.24, 2.45) is 0 Å². The summed E-state index contributed by atoms with van der Waals surface area (Å²) in [6.45, 7) is -6.29. The van der Waals surface area contributed by atoms with E-state index in [0.29, 0.717) is 0 Å². The van der Waals surface area contributed by atoms with Crippen molar-refractivity contribution < 1.29 is 228 Å². The van der Waals surface area contributed by atoms with Gasteiger partial charge in [-0.1, -0.05) is 6.08 Å². The Morgan fingerprint density at radius 3 is 0.699 bits per heavy atom. The van der Waals surface area contributed by atoms with E-state index in [1.54, 1.807) is 0 Å². The van der Waals surface area contributed by atoms with Crippen molar-refractivity contribution in [2.45, 2.75) is 276 Å². The van der Waals surface area contributed by atoms with Crippen LogP contribution >= 0.6 is 0 Å². The molecular formula is C57H96O46. The lowest BCUT2D eigenvalue weighted by atomic mass is 9.95. The largest absolute Gasteiger partial charge is 0.394 e. The number of ether oxygens (including phenoxy) is 18. The highest BCUT2D eigenvalue weighted by molar-refractivity contribution is 5.02. The van der Waals surface area contributed by atoms with E-state index in [1.165, 1.54) is 6.08 Å². The second-order valence-electron chi connectivity index (χ2n) is 25.9. The minimum atomic E-state index is -2.42. The first kappa shape index (κ1) is 84.9. The average Bonchev–Trinajstić information content (AvgIpc) is 0.775. The van der Waals surface area contributed by atoms with E-state index in [2.05, 4.69) is 6.58 Å². The molecule has 28 N–H and O–H groups in total. The van der Waals surface area contributed by atoms with Crippen molar-refractivity contribution >= 4 is 0 Å². The van der Waals surface area contributed by atoms with Gasteiger partial charge in [-0.2, -0.15) is 0 Å². The van der Waals surface area contributed by atoms with E-state index >= 15 is 0 Å². The second-order valence-corrected chi connectivity index (χ2v) is 25.9. The zero-order valence-electron chi connectivity index (χ0n) is 54.2. The molecule has 0 radical (unpaired) electrons. The first-order valence-electron chi connectivity index (χ1n) is 32.8. The van der Waals surface area contributed by atoms with Crippen molar-refractivity contribution in [3.05, 3.63) is 12.7 Å². The average molecular weight is 1520 g/mol. The predicted molar refractivity (Wildman–Crippen MR) is 311 cm³/mol. The highest BCUT2D eigenvalue weighted by Crippen LogP contribution is 2.39. The normalized spacial score (nSPS) is 52.4. The Kier molecular flexibility index (Phi) is 30.7. The minimum Gasteiger partial charge on any atom is -0.394 e. The Bertz CT molecular complexity index is 2540. The van der Waals surface area contributed by atoms with Gasteiger partial charge in [-0.05, 0) is 0 Å². The van der Waals surface area contributed by atoms with Crippen LogP contribution in [0.15, 0.2) is 12.7 Å². The summed E-state index contributed by atoms with van der Waals surface area (Å²) in [6, 6.07) is 0. The molecule has 9 saturated heterocycles. The van der Waals surface area contributed by atoms with Gasteiger partial charge in [-0.3, -0.25) is 0 Å². The van der Waals surface area contributed by atoms with Crippen LogP contribution in [0.2, 0.25) is 0 Å². The Balaban J connectivity index is 1.01. The summed E-state index contributed by atoms with van der Waals surface area (Å²) in [5, 5.41) is 305. The Hall–Kier alpha value is -2.10. The fraction of sp³-hybridized carbons (Fsp3) is 0.965. The molecule has 0 amide bonds. The van der Waals surface area contributed by atoms with Crippen molar-refractivity contribution in [1.29, 1.82) is 0 Å². The lowest BCUT2D eigenvalue weighted by molar-refractivity contribution is -0.405. The highest BCUT2D eigenvalue weighted by Gasteiger charge is 2.60. The van der Waals surface area contributed by atoms with Gasteiger partial charge < -0.3 is 228 Å². The van der Waals surface area contributed by atoms with Crippen LogP contribution in [0.25, 0.3) is 0 Å². The monoisotopic (exact) mass is 1520 g/mol. The SMILES string of the molecule is C=CCO[C@H]1O[C@H](CO[C@H]2O[C@H](CO[C@H]3O[C@H](CO)[C@@H](O)[C@H](O)[C@@H]3O[C@H]3O[C@H](CO)[C@@H](O)[C@H](O)[C@@H]3O)[C@@H](O)[C@H](O[C@H]3O[C@H](CO)[C@@H](O)[C@H](O)[C@@H]3O[C@H]3O[C@H](CO)[C@@H](O)[C@H](O)[C@@H]3O)[C@@H]2O)[C@@H](O)[C@H](O[C@H]2O[C@H](CO)[C@@H](O)[C@H](O)[C@@H]2O[C@H]2O[C@H](CO)[C@@H](O)[C@H](O)[C@@H]2O[C@H]2O[C@H](CO)[C@@H](O)[C@H](O)[C@@H]2O)[C@@H]1O. The Labute approximate surface area is 582 Å². The summed E-state index contributed by atoms with van der Waals surface area (Å²) in [5.41, 5.74) is 0. The molecule has 103 heavy (non-hydrogen) atoms. The van der Waals surface area contributed by atoms with Gasteiger partial charge >= 0.3 is 0 Å². The van der Waals surface area contributed by atoms with E-state index in [4.69, 9.17) is 85.3 Å². The predicted octanol–water partition coefficient (Wildman–Crippen LogP) is -19.4. The molecule has 0 bridgehead atoms. The molecular weight excluding hydrogens is 1420 g/mol. The molecule has 0 aromatic rings. The molecule has 9 fully saturated rings. The molecule has 0 saturated carbocycles. The second kappa shape index (κ2) is 37.3. The topological polar surface area (TPSA) is 733 Å². The summed E-state index contributed by atoms with van der Waals surface area (Å²) in [7, 11) is 0. The highest BCUT2D eigenvalue weighted by atomic mass is 16.8. The molecule has 0 unspecified atom stereocenters. The van der Waals surface area contributed by atoms with Gasteiger partial charge in [-0.25, -0.2) is 0 Å². The molecule has 46 nitrogen and oxygen atoms in total. The van der Waals surface area contributed by atoms with Crippen molar-refractivity contribution in [3.8, 4) is 0 Å². The van der Waals surface area contributed by atoms with Crippen LogP contribution in [0.5, 0.6) is 0 Å². The Morgan fingerprint density at radius 2 is 0.417 bits per heavy atom. The van der Waals surface area contributed by atoms with Gasteiger partial charge in [0.05, 0.1) is 66.1 Å². The first-order valence-corrected chi connectivity index (χ1v) is 32.8. The number of aliphatic hydroxyl groups is 28. The zero-order chi connectivity index (χ0) is 75.5. The van der Waals surface area contributed by atoms with Gasteiger partial charge in [0, 0.05) is 0 Å². The molecule has 45 atom stereocenters. The summed E-state index contributed by atoms with van der Waals surface area (Å²) in [6.07, 6.45) is -92.2. The molecule has 0 aromatic heterocycles. The van der Waals surface area contributed by atoms with Gasteiger partial charge in [-0.15, -0.1) is 6.58 Å². The first-order chi connectivity index (χ1) is 48.9. The standard InChI is InChI=1S/C57H96O46/c1-2-3-86-49-41(84)43(98-56-48(37(80)28(71)18(9-63)94-56)103-57-47(36(79)27(70)19(10-64)95-57)102-53-40(83)33(76)24(67)15(6-60)91-53)29(72)20(96-49)11-87-50-42(85)44(99-55-46(35(78)26(69)17(8-62)93-55)101-52-39(82)32(75)23(66)14(5-59)90-52)30(73)21(97-50)12-88-54-45(34(77)25(68)16(7-61)92-54)100-51-38(81)31(74)22(65)13(4-58)89-51/h2,13-85H,1,3-12H2/t13-,14-,15-,16-,17-,18-,19-,20-,21-,22-,23-,24-,25-,26-,27-,28-,29-,30-,31+,32+,33+,34+,35+,36+,37+,38+,39+,40+,41+,42+,43+,44+,45+,46+,47+,48+,49+,50+,51-,52-,53-,54+,55-,56-,57-/m1/s1. The van der Waals surface area contributed by atoms with Gasteiger partial charge in [0.1, 0.15) is 220 Å². The van der Waals surface area contributed by atoms with Crippen LogP contribution in [0.1, 0.15) is 0 Å². The van der Waals surface area contributed by atoms with Crippen LogP contribution < -0.4 is 0 Å². The summed E-state index contributed by atoms with van der Waals surface area (Å²) >= 11 is 0. The smallest absolute Gasteiger partial charge is 0.187 e. The molecule has 9 rings (SSSR count). The van der Waals surface area contributed by atoms with E-state index < -0.39 is 342 Å². The maximum atomic E-state index is 12.3. The van der Waals surface area contributed by atoms with Gasteiger partial charge in [0.2, 0.25) is 0 Å². The third-order valence-corrected chi connectivity index (χ3v) is 19.1. The summed E-state index contributed by atoms with van der Waals surface area (Å²) < 4.78 is 104. The van der Waals surface area contributed by atoms with Crippen molar-refractivity contribution in [3.63, 3.8) is 0 Å². The number of aliphatic hydroxyl groups excluding tert-OH is 28. The zero-order valence-corrected chi connectivity index (χ0v) is 54.2. The van der Waals surface area contributed by atoms with Crippen LogP contribution in [0, 0.1) is 0 Å². The number of hydrogen-bond acceptors (Lipinski definition) is 46. The van der Waals surface area contributed by atoms with Crippen molar-refractivity contribution in [1.82, 2.24) is 0 Å². The molecule has 9 aliphatic heterocycles. The lowest BCUT2D eigenvalue weighted by Crippen LogP contribution is -2.68. The van der Waals surface area contributed by atoms with Crippen molar-refractivity contribution in [2.75, 3.05) is 66.1 Å². The molecule has 0 spiro atoms. The van der Waals surface area contributed by atoms with Crippen LogP contribution in [-0.4, -0.2) is 485 Å². The molecule has 0 aromatic carbocycles. The number of hydrogen-bond donors (Lipinski definition) is 28. The maximum absolute atomic E-state index is 12.3. The minimum absolute atomic E-state index is 0.444. The van der Waals surface area contributed by atoms with E-state index in [9.17, 15) is 143 Å². The van der Waals surface area contributed by atoms with Crippen LogP contribution in [0.4, 0.5) is 0 Å². The fourth-order valence-electron chi connectivity index (χ4n) is 13.0. The molecule has 46 heteroatoms. The molecule has 600 valence electrons. The molecule has 9 heterocycles. The lowest BCUT2D eigenvalue weighted by Gasteiger charge is -2.50. The summed E-state index contributed by atoms with van der Waals surface area (Å²) in [4.78, 5) is 0. The molecule has 0 aliphatic carbocycles. The van der Waals surface area contributed by atoms with Gasteiger partial charge in [0.15, 0.2) is 56.6 Å². The van der Waals surface area contributed by atoms with E-state index in [0.717, 1.165) is 0 Å².